The topological polar surface area (TPSA) is 97.1 Å². The van der Waals surface area contributed by atoms with E-state index in [-0.39, 0.29) is 10.7 Å². The maximum Gasteiger partial charge on any atom is 0.244 e. The van der Waals surface area contributed by atoms with E-state index >= 15 is 0 Å². The molecule has 114 valence electrons. The molecule has 0 aliphatic rings. The van der Waals surface area contributed by atoms with Crippen molar-refractivity contribution in [3.63, 3.8) is 0 Å². The molecule has 2 heterocycles. The number of hydrazine groups is 1. The highest BCUT2D eigenvalue weighted by atomic mass is 79.9. The Labute approximate surface area is 143 Å². The van der Waals surface area contributed by atoms with E-state index in [0.29, 0.717) is 17.4 Å². The molecule has 0 fully saturated rings. The molecule has 0 spiro atoms. The van der Waals surface area contributed by atoms with E-state index in [1.165, 1.54) is 12.3 Å². The zero-order valence-electron chi connectivity index (χ0n) is 10.6. The van der Waals surface area contributed by atoms with E-state index in [2.05, 4.69) is 47.0 Å². The monoisotopic (exact) mass is 454 g/mol. The van der Waals surface area contributed by atoms with Crippen molar-refractivity contribution in [2.45, 2.75) is 11.3 Å². The van der Waals surface area contributed by atoms with Crippen LogP contribution in [0.1, 0.15) is 4.88 Å². The molecule has 2 aromatic heterocycles. The molecule has 0 unspecified atom stereocenters. The smallest absolute Gasteiger partial charge is 0.244 e. The van der Waals surface area contributed by atoms with Crippen molar-refractivity contribution in [3.8, 4) is 0 Å². The average molecular weight is 456 g/mol. The van der Waals surface area contributed by atoms with E-state index in [9.17, 15) is 8.42 Å². The van der Waals surface area contributed by atoms with E-state index in [1.807, 2.05) is 12.1 Å². The first-order valence-electron chi connectivity index (χ1n) is 5.78. The number of rotatable bonds is 6. The van der Waals surface area contributed by atoms with Crippen LogP contribution in [-0.2, 0) is 16.4 Å². The standard InChI is InChI=1S/C11H12Br2N4O2S2/c12-7-5-9(11(17-14)15-6-7)21(18,19)16-4-3-8-1-2-10(13)20-8/h1-2,5-6,16H,3-4,14H2,(H,15,17). The van der Waals surface area contributed by atoms with E-state index in [4.69, 9.17) is 5.84 Å². The van der Waals surface area contributed by atoms with Crippen molar-refractivity contribution < 1.29 is 8.42 Å². The Balaban J connectivity index is 2.09. The number of anilines is 1. The maximum atomic E-state index is 12.3. The molecule has 0 aromatic carbocycles. The van der Waals surface area contributed by atoms with Crippen LogP contribution >= 0.6 is 43.2 Å². The Morgan fingerprint density at radius 2 is 2.10 bits per heavy atom. The molecule has 2 rings (SSSR count). The van der Waals surface area contributed by atoms with Gasteiger partial charge in [-0.15, -0.1) is 11.3 Å². The fraction of sp³-hybridized carbons (Fsp3) is 0.182. The number of nitrogens with zero attached hydrogens (tertiary/aromatic N) is 1. The van der Waals surface area contributed by atoms with Crippen molar-refractivity contribution in [1.82, 2.24) is 9.71 Å². The zero-order valence-corrected chi connectivity index (χ0v) is 15.4. The minimum absolute atomic E-state index is 0.00624. The normalized spacial score (nSPS) is 11.6. The number of nitrogens with one attached hydrogen (secondary N) is 2. The number of halogens is 2. The number of nitrogen functional groups attached to an aromatic ring is 1. The number of thiophene rings is 1. The predicted molar refractivity (Wildman–Crippen MR) is 90.7 cm³/mol. The lowest BCUT2D eigenvalue weighted by Gasteiger charge is -2.10. The van der Waals surface area contributed by atoms with Gasteiger partial charge >= 0.3 is 0 Å². The summed E-state index contributed by atoms with van der Waals surface area (Å²) >= 11 is 8.14. The molecule has 0 bridgehead atoms. The van der Waals surface area contributed by atoms with Crippen molar-refractivity contribution in [1.29, 1.82) is 0 Å². The minimum Gasteiger partial charge on any atom is -0.307 e. The molecule has 0 aliphatic heterocycles. The first kappa shape index (κ1) is 16.8. The van der Waals surface area contributed by atoms with Crippen LogP contribution in [-0.4, -0.2) is 19.9 Å². The molecule has 0 radical (unpaired) electrons. The van der Waals surface area contributed by atoms with Gasteiger partial charge in [-0.25, -0.2) is 24.0 Å². The van der Waals surface area contributed by atoms with Gasteiger partial charge in [-0.3, -0.25) is 0 Å². The second-order valence-corrected chi connectivity index (χ2v) is 9.20. The van der Waals surface area contributed by atoms with Gasteiger partial charge in [0.05, 0.1) is 3.79 Å². The summed E-state index contributed by atoms with van der Waals surface area (Å²) in [6, 6.07) is 5.34. The molecule has 0 amide bonds. The molecule has 4 N–H and O–H groups in total. The summed E-state index contributed by atoms with van der Waals surface area (Å²) in [6.45, 7) is 0.297. The number of sulfonamides is 1. The lowest BCUT2D eigenvalue weighted by atomic mass is 10.3. The van der Waals surface area contributed by atoms with Crippen LogP contribution < -0.4 is 16.0 Å². The van der Waals surface area contributed by atoms with Gasteiger partial charge < -0.3 is 5.43 Å². The van der Waals surface area contributed by atoms with Gasteiger partial charge in [0.25, 0.3) is 0 Å². The van der Waals surface area contributed by atoms with Gasteiger partial charge in [0.2, 0.25) is 10.0 Å². The first-order chi connectivity index (χ1) is 9.92. The van der Waals surface area contributed by atoms with Crippen molar-refractivity contribution in [2.24, 2.45) is 5.84 Å². The van der Waals surface area contributed by atoms with E-state index in [0.717, 1.165) is 8.66 Å². The largest absolute Gasteiger partial charge is 0.307 e. The molecule has 0 atom stereocenters. The molecule has 21 heavy (non-hydrogen) atoms. The molecular weight excluding hydrogens is 444 g/mol. The summed E-state index contributed by atoms with van der Waals surface area (Å²) in [6.07, 6.45) is 2.08. The molecule has 2 aromatic rings. The van der Waals surface area contributed by atoms with Crippen LogP contribution in [0.2, 0.25) is 0 Å². The average Bonchev–Trinajstić information content (AvgIpc) is 2.84. The quantitative estimate of drug-likeness (QED) is 0.459. The molecule has 0 saturated carbocycles. The first-order valence-corrected chi connectivity index (χ1v) is 9.67. The van der Waals surface area contributed by atoms with Gasteiger partial charge in [0, 0.05) is 22.1 Å². The third-order valence-electron chi connectivity index (χ3n) is 2.54. The Morgan fingerprint density at radius 1 is 1.33 bits per heavy atom. The zero-order chi connectivity index (χ0) is 15.5. The lowest BCUT2D eigenvalue weighted by molar-refractivity contribution is 0.581. The highest BCUT2D eigenvalue weighted by Gasteiger charge is 2.19. The summed E-state index contributed by atoms with van der Waals surface area (Å²) in [4.78, 5) is 5.02. The Bertz CT molecular complexity index is 734. The van der Waals surface area contributed by atoms with Gasteiger partial charge in [0.1, 0.15) is 4.90 Å². The van der Waals surface area contributed by atoms with Crippen LogP contribution in [0.5, 0.6) is 0 Å². The number of pyridine rings is 1. The minimum atomic E-state index is -3.68. The fourth-order valence-electron chi connectivity index (χ4n) is 1.61. The Hall–Kier alpha value is -0.520. The second-order valence-electron chi connectivity index (χ2n) is 4.00. The Kier molecular flexibility index (Phi) is 5.74. The number of aromatic nitrogens is 1. The van der Waals surface area contributed by atoms with Gasteiger partial charge in [-0.05, 0) is 56.5 Å². The lowest BCUT2D eigenvalue weighted by Crippen LogP contribution is -2.27. The van der Waals surface area contributed by atoms with E-state index in [1.54, 1.807) is 11.3 Å². The SMILES string of the molecule is NNc1ncc(Br)cc1S(=O)(=O)NCCc1ccc(Br)s1. The summed E-state index contributed by atoms with van der Waals surface area (Å²) in [7, 11) is -3.68. The molecular formula is C11H12Br2N4O2S2. The molecule has 6 nitrogen and oxygen atoms in total. The summed E-state index contributed by atoms with van der Waals surface area (Å²) in [5.74, 6) is 5.40. The highest BCUT2D eigenvalue weighted by Crippen LogP contribution is 2.23. The van der Waals surface area contributed by atoms with Crippen LogP contribution in [0.15, 0.2) is 37.6 Å². The Morgan fingerprint density at radius 3 is 2.71 bits per heavy atom. The van der Waals surface area contributed by atoms with Gasteiger partial charge in [-0.1, -0.05) is 0 Å². The third kappa shape index (κ3) is 4.47. The van der Waals surface area contributed by atoms with Crippen LogP contribution in [0.4, 0.5) is 5.82 Å². The number of nitrogens with two attached hydrogens (primary N) is 1. The predicted octanol–water partition coefficient (Wildman–Crippen LogP) is 2.47. The van der Waals surface area contributed by atoms with Gasteiger partial charge in [-0.2, -0.15) is 0 Å². The summed E-state index contributed by atoms with van der Waals surface area (Å²) in [5.41, 5.74) is 2.29. The third-order valence-corrected chi connectivity index (χ3v) is 6.13. The van der Waals surface area contributed by atoms with Crippen LogP contribution in [0.25, 0.3) is 0 Å². The van der Waals surface area contributed by atoms with E-state index < -0.39 is 10.0 Å². The van der Waals surface area contributed by atoms with Gasteiger partial charge in [0.15, 0.2) is 5.82 Å². The fourth-order valence-corrected chi connectivity index (χ4v) is 4.75. The number of hydrogen-bond donors (Lipinski definition) is 3. The maximum absolute atomic E-state index is 12.3. The van der Waals surface area contributed by atoms with Crippen LogP contribution in [0, 0.1) is 0 Å². The summed E-state index contributed by atoms with van der Waals surface area (Å²) < 4.78 is 28.7. The molecule has 10 heteroatoms. The second kappa shape index (κ2) is 7.16. The van der Waals surface area contributed by atoms with Crippen molar-refractivity contribution in [2.75, 3.05) is 12.0 Å². The van der Waals surface area contributed by atoms with Crippen LogP contribution in [0.3, 0.4) is 0 Å². The molecule has 0 aliphatic carbocycles. The van der Waals surface area contributed by atoms with Crippen molar-refractivity contribution in [3.05, 3.63) is 37.5 Å². The number of hydrogen-bond acceptors (Lipinski definition) is 6. The highest BCUT2D eigenvalue weighted by molar-refractivity contribution is 9.11. The molecule has 0 saturated heterocycles. The van der Waals surface area contributed by atoms with Crippen molar-refractivity contribution >= 4 is 59.0 Å². The summed E-state index contributed by atoms with van der Waals surface area (Å²) in [5, 5.41) is 0.